The summed E-state index contributed by atoms with van der Waals surface area (Å²) >= 11 is 0. The zero-order chi connectivity index (χ0) is 24.1. The number of para-hydroxylation sites is 1. The zero-order valence-electron chi connectivity index (χ0n) is 16.6. The van der Waals surface area contributed by atoms with Crippen LogP contribution in [0.15, 0.2) is 18.2 Å². The molecule has 3 rings (SSSR count). The van der Waals surface area contributed by atoms with Crippen LogP contribution in [0.5, 0.6) is 0 Å². The molecule has 0 radical (unpaired) electrons. The second-order valence-electron chi connectivity index (χ2n) is 7.34. The fourth-order valence-corrected chi connectivity index (χ4v) is 3.42. The number of carboxylic acids is 3. The third-order valence-corrected chi connectivity index (χ3v) is 4.95. The van der Waals surface area contributed by atoms with E-state index in [-0.39, 0.29) is 11.4 Å². The van der Waals surface area contributed by atoms with Crippen LogP contribution in [0.1, 0.15) is 42.9 Å². The Hall–Kier alpha value is -3.19. The molecule has 2 aromatic rings. The zero-order valence-corrected chi connectivity index (χ0v) is 16.6. The lowest BCUT2D eigenvalue weighted by atomic mass is 9.92. The van der Waals surface area contributed by atoms with Gasteiger partial charge in [0.25, 0.3) is 0 Å². The fourth-order valence-electron chi connectivity index (χ4n) is 3.42. The molecule has 1 aromatic carbocycles. The third-order valence-electron chi connectivity index (χ3n) is 4.95. The molecule has 0 amide bonds. The smallest absolute Gasteiger partial charge is 0.418 e. The van der Waals surface area contributed by atoms with Crippen LogP contribution in [-0.2, 0) is 20.6 Å². The van der Waals surface area contributed by atoms with Gasteiger partial charge in [-0.3, -0.25) is 14.7 Å². The number of aliphatic carboxylic acids is 3. The first-order chi connectivity index (χ1) is 14.8. The topological polar surface area (TPSA) is 173 Å². The molecule has 1 aliphatic rings. The van der Waals surface area contributed by atoms with Crippen molar-refractivity contribution in [1.82, 2.24) is 15.5 Å². The Labute approximate surface area is 179 Å². The van der Waals surface area contributed by atoms with E-state index in [1.807, 2.05) is 0 Å². The monoisotopic (exact) mass is 461 g/mol. The van der Waals surface area contributed by atoms with Gasteiger partial charge in [0.05, 0.1) is 29.6 Å². The maximum Gasteiger partial charge on any atom is 0.418 e. The molecule has 0 spiro atoms. The molecule has 0 saturated carbocycles. The lowest BCUT2D eigenvalue weighted by molar-refractivity contribution is -0.170. The Bertz CT molecular complexity index is 968. The molecule has 1 fully saturated rings. The number of H-pyrrole nitrogens is 1. The third kappa shape index (κ3) is 6.17. The molecule has 6 N–H and O–H groups in total. The van der Waals surface area contributed by atoms with Crippen LogP contribution in [0.4, 0.5) is 13.2 Å². The Morgan fingerprint density at radius 2 is 1.59 bits per heavy atom. The number of fused-ring (bicyclic) bond motifs is 1. The van der Waals surface area contributed by atoms with Crippen LogP contribution in [0.25, 0.3) is 10.9 Å². The van der Waals surface area contributed by atoms with Crippen LogP contribution in [-0.4, -0.2) is 67.2 Å². The van der Waals surface area contributed by atoms with Crippen LogP contribution in [0, 0.1) is 0 Å². The summed E-state index contributed by atoms with van der Waals surface area (Å²) in [5, 5.41) is 44.4. The number of alkyl halides is 3. The van der Waals surface area contributed by atoms with Gasteiger partial charge in [-0.05, 0) is 32.0 Å². The summed E-state index contributed by atoms with van der Waals surface area (Å²) < 4.78 is 38.7. The van der Waals surface area contributed by atoms with Gasteiger partial charge in [-0.2, -0.15) is 18.3 Å². The summed E-state index contributed by atoms with van der Waals surface area (Å²) in [5.74, 6) is -4.78. The SMILES string of the molecule is FC(F)(F)c1cccc2c(C3CCNCC3)n[nH]c12.O=C(O)CC(O)(CC(=O)O)C(=O)O. The number of aromatic nitrogens is 2. The van der Waals surface area contributed by atoms with Gasteiger partial charge in [0.2, 0.25) is 0 Å². The number of nitrogens with one attached hydrogen (secondary N) is 2. The molecule has 0 atom stereocenters. The molecule has 0 bridgehead atoms. The predicted octanol–water partition coefficient (Wildman–Crippen LogP) is 1.80. The van der Waals surface area contributed by atoms with Crippen molar-refractivity contribution in [3.8, 4) is 0 Å². The summed E-state index contributed by atoms with van der Waals surface area (Å²) in [4.78, 5) is 30.5. The van der Waals surface area contributed by atoms with Gasteiger partial charge in [0, 0.05) is 11.3 Å². The first kappa shape index (κ1) is 25.1. The number of carboxylic acid groups (broad SMARTS) is 3. The Morgan fingerprint density at radius 3 is 2.06 bits per heavy atom. The number of aliphatic hydroxyl groups is 1. The van der Waals surface area contributed by atoms with Crippen molar-refractivity contribution in [2.24, 2.45) is 0 Å². The first-order valence-electron chi connectivity index (χ1n) is 9.49. The van der Waals surface area contributed by atoms with E-state index in [1.165, 1.54) is 6.07 Å². The lowest BCUT2D eigenvalue weighted by Gasteiger charge is -2.21. The van der Waals surface area contributed by atoms with E-state index in [9.17, 15) is 27.6 Å². The molecular formula is C19H22F3N3O7. The minimum absolute atomic E-state index is 0.100. The van der Waals surface area contributed by atoms with Gasteiger partial charge >= 0.3 is 24.1 Å². The highest BCUT2D eigenvalue weighted by molar-refractivity contribution is 5.88. The summed E-state index contributed by atoms with van der Waals surface area (Å²) in [7, 11) is 0. The molecule has 1 aliphatic heterocycles. The second-order valence-corrected chi connectivity index (χ2v) is 7.34. The highest BCUT2D eigenvalue weighted by Crippen LogP contribution is 2.37. The predicted molar refractivity (Wildman–Crippen MR) is 103 cm³/mol. The molecule has 10 nitrogen and oxygen atoms in total. The van der Waals surface area contributed by atoms with E-state index in [2.05, 4.69) is 15.5 Å². The standard InChI is InChI=1S/C13H14F3N3.C6H8O7/c14-13(15,16)10-3-1-2-9-11(18-19-12(9)10)8-4-6-17-7-5-8;7-3(8)1-6(13,5(11)12)2-4(9)10/h1-3,8,17H,4-7H2,(H,18,19);13H,1-2H2,(H,7,8)(H,9,10)(H,11,12). The average Bonchev–Trinajstić information content (AvgIpc) is 3.11. The summed E-state index contributed by atoms with van der Waals surface area (Å²) in [5.41, 5.74) is -2.51. The molecule has 1 aromatic heterocycles. The number of carbonyl (C=O) groups is 3. The number of hydrogen-bond acceptors (Lipinski definition) is 6. The number of rotatable bonds is 6. The minimum Gasteiger partial charge on any atom is -0.481 e. The maximum atomic E-state index is 12.9. The molecular weight excluding hydrogens is 439 g/mol. The normalized spacial score (nSPS) is 15.1. The van der Waals surface area contributed by atoms with Gasteiger partial charge in [-0.15, -0.1) is 0 Å². The number of hydrogen-bond donors (Lipinski definition) is 6. The molecule has 32 heavy (non-hydrogen) atoms. The Kier molecular flexibility index (Phi) is 7.80. The molecule has 1 saturated heterocycles. The van der Waals surface area contributed by atoms with Gasteiger partial charge in [-0.25, -0.2) is 4.79 Å². The van der Waals surface area contributed by atoms with E-state index in [0.717, 1.165) is 37.7 Å². The number of halogens is 3. The van der Waals surface area contributed by atoms with Crippen LogP contribution in [0.2, 0.25) is 0 Å². The molecule has 2 heterocycles. The van der Waals surface area contributed by atoms with Crippen LogP contribution in [0.3, 0.4) is 0 Å². The number of piperidine rings is 1. The van der Waals surface area contributed by atoms with Crippen LogP contribution < -0.4 is 5.32 Å². The van der Waals surface area contributed by atoms with Crippen molar-refractivity contribution in [1.29, 1.82) is 0 Å². The number of nitrogens with zero attached hydrogens (tertiary/aromatic N) is 1. The minimum atomic E-state index is -4.35. The Morgan fingerprint density at radius 1 is 1.03 bits per heavy atom. The van der Waals surface area contributed by atoms with E-state index in [0.29, 0.717) is 5.39 Å². The summed E-state index contributed by atoms with van der Waals surface area (Å²) in [6.07, 6.45) is -4.81. The summed E-state index contributed by atoms with van der Waals surface area (Å²) in [6.45, 7) is 1.77. The van der Waals surface area contributed by atoms with E-state index < -0.39 is 48.1 Å². The van der Waals surface area contributed by atoms with Gasteiger partial charge < -0.3 is 25.7 Å². The van der Waals surface area contributed by atoms with Crippen molar-refractivity contribution < 1.29 is 48.0 Å². The molecule has 13 heteroatoms. The number of benzene rings is 1. The Balaban J connectivity index is 0.000000247. The molecule has 176 valence electrons. The average molecular weight is 461 g/mol. The fraction of sp³-hybridized carbons (Fsp3) is 0.474. The highest BCUT2D eigenvalue weighted by Gasteiger charge is 2.40. The van der Waals surface area contributed by atoms with Gasteiger partial charge in [0.15, 0.2) is 5.60 Å². The van der Waals surface area contributed by atoms with E-state index >= 15 is 0 Å². The van der Waals surface area contributed by atoms with Gasteiger partial charge in [0.1, 0.15) is 0 Å². The van der Waals surface area contributed by atoms with Crippen LogP contribution >= 0.6 is 0 Å². The molecule has 0 aliphatic carbocycles. The summed E-state index contributed by atoms with van der Waals surface area (Å²) in [6, 6.07) is 4.25. The second kappa shape index (κ2) is 9.96. The number of aromatic amines is 1. The van der Waals surface area contributed by atoms with E-state index in [4.69, 9.17) is 20.4 Å². The quantitative estimate of drug-likeness (QED) is 0.375. The maximum absolute atomic E-state index is 12.9. The van der Waals surface area contributed by atoms with Crippen molar-refractivity contribution >= 4 is 28.8 Å². The first-order valence-corrected chi connectivity index (χ1v) is 9.49. The van der Waals surface area contributed by atoms with Crippen molar-refractivity contribution in [2.45, 2.75) is 43.4 Å². The molecule has 0 unspecified atom stereocenters. The van der Waals surface area contributed by atoms with Crippen molar-refractivity contribution in [2.75, 3.05) is 13.1 Å². The van der Waals surface area contributed by atoms with E-state index in [1.54, 1.807) is 6.07 Å². The highest BCUT2D eigenvalue weighted by atomic mass is 19.4. The largest absolute Gasteiger partial charge is 0.481 e. The van der Waals surface area contributed by atoms with Crippen molar-refractivity contribution in [3.63, 3.8) is 0 Å². The lowest BCUT2D eigenvalue weighted by Crippen LogP contribution is -2.42. The van der Waals surface area contributed by atoms with Crippen molar-refractivity contribution in [3.05, 3.63) is 29.5 Å². The van der Waals surface area contributed by atoms with Gasteiger partial charge in [-0.1, -0.05) is 12.1 Å².